The molecule has 0 fully saturated rings. The number of hydrogen-bond acceptors (Lipinski definition) is 3. The van der Waals surface area contributed by atoms with Gasteiger partial charge >= 0.3 is 0 Å². The molecule has 2 N–H and O–H groups in total. The summed E-state index contributed by atoms with van der Waals surface area (Å²) in [4.78, 5) is 2.04. The third-order valence-corrected chi connectivity index (χ3v) is 3.62. The number of nitrogens with zero attached hydrogens (tertiary/aromatic N) is 1. The molecule has 0 amide bonds. The summed E-state index contributed by atoms with van der Waals surface area (Å²) in [6.45, 7) is 5.05. The average molecular weight is 271 g/mol. The van der Waals surface area contributed by atoms with E-state index < -0.39 is 0 Å². The van der Waals surface area contributed by atoms with Gasteiger partial charge in [-0.3, -0.25) is 0 Å². The molecule has 1 aromatic rings. The summed E-state index contributed by atoms with van der Waals surface area (Å²) in [5.74, 6) is 0. The van der Waals surface area contributed by atoms with E-state index in [-0.39, 0.29) is 12.0 Å². The predicted molar refractivity (Wildman–Crippen MR) is 79.8 cm³/mol. The minimum atomic E-state index is -0.105. The maximum absolute atomic E-state index is 9.42. The van der Waals surface area contributed by atoms with Crippen LogP contribution in [0.3, 0.4) is 0 Å². The van der Waals surface area contributed by atoms with Gasteiger partial charge in [0.05, 0.1) is 18.0 Å². The Labute approximate surface area is 115 Å². The first kappa shape index (κ1) is 15.1. The van der Waals surface area contributed by atoms with E-state index in [0.717, 1.165) is 24.3 Å². The molecule has 102 valence electrons. The van der Waals surface area contributed by atoms with Crippen molar-refractivity contribution in [3.8, 4) is 0 Å². The van der Waals surface area contributed by atoms with E-state index >= 15 is 0 Å². The highest BCUT2D eigenvalue weighted by Gasteiger charge is 2.21. The Morgan fingerprint density at radius 3 is 2.56 bits per heavy atom. The van der Waals surface area contributed by atoms with Crippen LogP contribution in [-0.4, -0.2) is 32.4 Å². The van der Waals surface area contributed by atoms with Crippen LogP contribution in [0, 0.1) is 5.41 Å². The second kappa shape index (κ2) is 6.30. The molecule has 0 aliphatic rings. The molecular formula is C14H23ClN2O. The summed E-state index contributed by atoms with van der Waals surface area (Å²) >= 11 is 6.03. The van der Waals surface area contributed by atoms with Crippen molar-refractivity contribution in [2.24, 2.45) is 5.41 Å². The molecule has 3 nitrogen and oxygen atoms in total. The summed E-state index contributed by atoms with van der Waals surface area (Å²) in [6, 6.07) is 5.80. The fourth-order valence-corrected chi connectivity index (χ4v) is 1.81. The van der Waals surface area contributed by atoms with Crippen molar-refractivity contribution in [1.82, 2.24) is 0 Å². The van der Waals surface area contributed by atoms with Crippen molar-refractivity contribution < 1.29 is 5.11 Å². The first-order valence-corrected chi connectivity index (χ1v) is 6.61. The van der Waals surface area contributed by atoms with Crippen molar-refractivity contribution in [3.05, 3.63) is 23.2 Å². The van der Waals surface area contributed by atoms with Crippen LogP contribution in [-0.2, 0) is 0 Å². The van der Waals surface area contributed by atoms with Gasteiger partial charge in [0.1, 0.15) is 0 Å². The first-order chi connectivity index (χ1) is 8.41. The van der Waals surface area contributed by atoms with Crippen LogP contribution in [0.4, 0.5) is 11.4 Å². The van der Waals surface area contributed by atoms with Gasteiger partial charge in [0, 0.05) is 31.1 Å². The van der Waals surface area contributed by atoms with Crippen molar-refractivity contribution >= 4 is 23.0 Å². The summed E-state index contributed by atoms with van der Waals surface area (Å²) in [6.07, 6.45) is 0.925. The second-order valence-electron chi connectivity index (χ2n) is 5.23. The molecule has 1 atom stereocenters. The molecular weight excluding hydrogens is 248 g/mol. The topological polar surface area (TPSA) is 35.5 Å². The molecule has 0 aliphatic carbocycles. The van der Waals surface area contributed by atoms with Crippen LogP contribution in [0.2, 0.25) is 5.02 Å². The van der Waals surface area contributed by atoms with Gasteiger partial charge in [0.15, 0.2) is 0 Å². The molecule has 4 heteroatoms. The Hall–Kier alpha value is -0.930. The zero-order valence-corrected chi connectivity index (χ0v) is 12.4. The Balaban J connectivity index is 2.86. The molecule has 0 spiro atoms. The molecule has 0 saturated carbocycles. The Morgan fingerprint density at radius 1 is 1.39 bits per heavy atom. The SMILES string of the molecule is CCC(C)(CO)CNc1cc(Cl)ccc1N(C)C. The lowest BCUT2D eigenvalue weighted by molar-refractivity contribution is 0.149. The van der Waals surface area contributed by atoms with Crippen LogP contribution in [0.15, 0.2) is 18.2 Å². The maximum Gasteiger partial charge on any atom is 0.0597 e. The van der Waals surface area contributed by atoms with E-state index in [9.17, 15) is 5.11 Å². The van der Waals surface area contributed by atoms with Gasteiger partial charge in [-0.1, -0.05) is 25.4 Å². The zero-order valence-electron chi connectivity index (χ0n) is 11.6. The number of nitrogens with one attached hydrogen (secondary N) is 1. The Bertz CT molecular complexity index is 389. The zero-order chi connectivity index (χ0) is 13.8. The molecule has 0 bridgehead atoms. The van der Waals surface area contributed by atoms with Gasteiger partial charge in [-0.15, -0.1) is 0 Å². The van der Waals surface area contributed by atoms with E-state index in [1.165, 1.54) is 0 Å². The van der Waals surface area contributed by atoms with Crippen LogP contribution in [0.25, 0.3) is 0 Å². The van der Waals surface area contributed by atoms with Crippen LogP contribution >= 0.6 is 11.6 Å². The van der Waals surface area contributed by atoms with Crippen molar-refractivity contribution in [1.29, 1.82) is 0 Å². The summed E-state index contributed by atoms with van der Waals surface area (Å²) < 4.78 is 0. The number of halogens is 1. The minimum Gasteiger partial charge on any atom is -0.396 e. The smallest absolute Gasteiger partial charge is 0.0597 e. The van der Waals surface area contributed by atoms with Gasteiger partial charge in [0.25, 0.3) is 0 Å². The molecule has 0 aromatic heterocycles. The van der Waals surface area contributed by atoms with E-state index in [2.05, 4.69) is 19.2 Å². The van der Waals surface area contributed by atoms with E-state index in [0.29, 0.717) is 5.02 Å². The van der Waals surface area contributed by atoms with Crippen LogP contribution in [0.1, 0.15) is 20.3 Å². The molecule has 0 radical (unpaired) electrons. The van der Waals surface area contributed by atoms with Gasteiger partial charge in [-0.2, -0.15) is 0 Å². The Kier molecular flexibility index (Phi) is 5.29. The summed E-state index contributed by atoms with van der Waals surface area (Å²) in [5.41, 5.74) is 1.99. The number of anilines is 2. The van der Waals surface area contributed by atoms with Gasteiger partial charge < -0.3 is 15.3 Å². The minimum absolute atomic E-state index is 0.105. The lowest BCUT2D eigenvalue weighted by atomic mass is 9.88. The third kappa shape index (κ3) is 3.79. The highest BCUT2D eigenvalue weighted by atomic mass is 35.5. The van der Waals surface area contributed by atoms with Gasteiger partial charge in [-0.25, -0.2) is 0 Å². The number of benzene rings is 1. The molecule has 18 heavy (non-hydrogen) atoms. The number of aliphatic hydroxyl groups is 1. The monoisotopic (exact) mass is 270 g/mol. The third-order valence-electron chi connectivity index (χ3n) is 3.38. The lowest BCUT2D eigenvalue weighted by Gasteiger charge is -2.28. The lowest BCUT2D eigenvalue weighted by Crippen LogP contribution is -2.30. The molecule has 0 heterocycles. The van der Waals surface area contributed by atoms with Crippen molar-refractivity contribution in [3.63, 3.8) is 0 Å². The second-order valence-corrected chi connectivity index (χ2v) is 5.67. The van der Waals surface area contributed by atoms with E-state index in [4.69, 9.17) is 11.6 Å². The fourth-order valence-electron chi connectivity index (χ4n) is 1.64. The summed E-state index contributed by atoms with van der Waals surface area (Å²) in [5, 5.41) is 13.5. The molecule has 1 unspecified atom stereocenters. The summed E-state index contributed by atoms with van der Waals surface area (Å²) in [7, 11) is 4.00. The number of rotatable bonds is 6. The molecule has 1 aromatic carbocycles. The highest BCUT2D eigenvalue weighted by Crippen LogP contribution is 2.29. The average Bonchev–Trinajstić information content (AvgIpc) is 2.35. The molecule has 1 rings (SSSR count). The van der Waals surface area contributed by atoms with E-state index in [1.807, 2.05) is 37.2 Å². The van der Waals surface area contributed by atoms with Crippen LogP contribution in [0.5, 0.6) is 0 Å². The largest absolute Gasteiger partial charge is 0.396 e. The van der Waals surface area contributed by atoms with Crippen molar-refractivity contribution in [2.75, 3.05) is 37.5 Å². The molecule has 0 saturated heterocycles. The maximum atomic E-state index is 9.42. The van der Waals surface area contributed by atoms with Crippen molar-refractivity contribution in [2.45, 2.75) is 20.3 Å². The predicted octanol–water partition coefficient (Wildman–Crippen LogP) is 3.23. The van der Waals surface area contributed by atoms with Crippen LogP contribution < -0.4 is 10.2 Å². The quantitative estimate of drug-likeness (QED) is 0.833. The number of aliphatic hydroxyl groups excluding tert-OH is 1. The standard InChI is InChI=1S/C14H23ClN2O/c1-5-14(2,10-18)9-16-12-8-11(15)6-7-13(12)17(3)4/h6-8,16,18H,5,9-10H2,1-4H3. The molecule has 0 aliphatic heterocycles. The fraction of sp³-hybridized carbons (Fsp3) is 0.571. The van der Waals surface area contributed by atoms with Gasteiger partial charge in [0.2, 0.25) is 0 Å². The normalized spacial score (nSPS) is 14.1. The van der Waals surface area contributed by atoms with Gasteiger partial charge in [-0.05, 0) is 24.6 Å². The highest BCUT2D eigenvalue weighted by molar-refractivity contribution is 6.31. The Morgan fingerprint density at radius 2 is 2.06 bits per heavy atom. The first-order valence-electron chi connectivity index (χ1n) is 6.23. The number of hydrogen-bond donors (Lipinski definition) is 2. The van der Waals surface area contributed by atoms with E-state index in [1.54, 1.807) is 0 Å².